The van der Waals surface area contributed by atoms with Crippen molar-refractivity contribution in [1.82, 2.24) is 14.4 Å². The van der Waals surface area contributed by atoms with Gasteiger partial charge in [-0.2, -0.15) is 0 Å². The summed E-state index contributed by atoms with van der Waals surface area (Å²) in [5.41, 5.74) is 10.2. The van der Waals surface area contributed by atoms with Crippen LogP contribution in [-0.4, -0.2) is 14.4 Å². The molecule has 112 valence electrons. The fourth-order valence-corrected chi connectivity index (χ4v) is 2.57. The average Bonchev–Trinajstić information content (AvgIpc) is 2.99. The Balaban J connectivity index is 1.81. The van der Waals surface area contributed by atoms with Crippen LogP contribution in [0.25, 0.3) is 28.0 Å². The topological polar surface area (TPSA) is 56.2 Å². The second kappa shape index (κ2) is 5.21. The molecule has 0 saturated carbocycles. The fourth-order valence-electron chi connectivity index (χ4n) is 2.57. The maximum absolute atomic E-state index is 13.1. The molecular weight excluding hydrogens is 291 g/mol. The molecule has 1 aromatic carbocycles. The minimum atomic E-state index is -0.244. The molecule has 2 N–H and O–H groups in total. The summed E-state index contributed by atoms with van der Waals surface area (Å²) in [7, 11) is 0. The molecule has 0 spiro atoms. The van der Waals surface area contributed by atoms with Crippen LogP contribution < -0.4 is 5.73 Å². The van der Waals surface area contributed by atoms with E-state index in [9.17, 15) is 4.39 Å². The second-order valence-corrected chi connectivity index (χ2v) is 5.25. The lowest BCUT2D eigenvalue weighted by Crippen LogP contribution is -1.92. The molecule has 23 heavy (non-hydrogen) atoms. The molecule has 5 heteroatoms. The molecule has 4 nitrogen and oxygen atoms in total. The van der Waals surface area contributed by atoms with Gasteiger partial charge in [0.1, 0.15) is 17.3 Å². The number of hydrogen-bond donors (Lipinski definition) is 1. The third-order valence-electron chi connectivity index (χ3n) is 3.74. The van der Waals surface area contributed by atoms with Gasteiger partial charge in [0.05, 0.1) is 5.69 Å². The number of nitrogen functional groups attached to an aromatic ring is 1. The Morgan fingerprint density at radius 3 is 2.48 bits per heavy atom. The quantitative estimate of drug-likeness (QED) is 0.613. The van der Waals surface area contributed by atoms with Crippen LogP contribution in [0.5, 0.6) is 0 Å². The molecule has 3 heterocycles. The molecule has 0 radical (unpaired) electrons. The third kappa shape index (κ3) is 2.42. The van der Waals surface area contributed by atoms with Gasteiger partial charge in [0, 0.05) is 24.2 Å². The Morgan fingerprint density at radius 2 is 1.70 bits per heavy atom. The first-order valence-corrected chi connectivity index (χ1v) is 7.16. The highest BCUT2D eigenvalue weighted by Gasteiger charge is 2.09. The van der Waals surface area contributed by atoms with Gasteiger partial charge < -0.3 is 10.1 Å². The van der Waals surface area contributed by atoms with Crippen LogP contribution in [0.15, 0.2) is 67.1 Å². The van der Waals surface area contributed by atoms with E-state index in [1.807, 2.05) is 41.1 Å². The molecular formula is C18H13FN4. The Hall–Kier alpha value is -3.21. The number of benzene rings is 1. The molecule has 0 atom stereocenters. The van der Waals surface area contributed by atoms with Crippen LogP contribution in [0.1, 0.15) is 0 Å². The van der Waals surface area contributed by atoms with Crippen molar-refractivity contribution in [3.8, 4) is 22.4 Å². The zero-order valence-electron chi connectivity index (χ0n) is 12.1. The van der Waals surface area contributed by atoms with Gasteiger partial charge in [0.2, 0.25) is 0 Å². The zero-order valence-corrected chi connectivity index (χ0v) is 12.1. The lowest BCUT2D eigenvalue weighted by atomic mass is 10.1. The summed E-state index contributed by atoms with van der Waals surface area (Å²) in [5, 5.41) is 0. The van der Waals surface area contributed by atoms with Gasteiger partial charge in [0.25, 0.3) is 0 Å². The number of nitrogens with two attached hydrogens (primary N) is 1. The average molecular weight is 304 g/mol. The van der Waals surface area contributed by atoms with Crippen molar-refractivity contribution in [3.05, 3.63) is 72.9 Å². The summed E-state index contributed by atoms with van der Waals surface area (Å²) in [6.45, 7) is 0. The van der Waals surface area contributed by atoms with Gasteiger partial charge in [-0.15, -0.1) is 0 Å². The minimum absolute atomic E-state index is 0.244. The van der Waals surface area contributed by atoms with Crippen molar-refractivity contribution in [2.45, 2.75) is 0 Å². The van der Waals surface area contributed by atoms with Gasteiger partial charge in [-0.05, 0) is 47.5 Å². The zero-order chi connectivity index (χ0) is 15.8. The van der Waals surface area contributed by atoms with E-state index in [0.717, 1.165) is 28.0 Å². The number of imidazole rings is 1. The number of hydrogen-bond acceptors (Lipinski definition) is 3. The molecule has 0 fully saturated rings. The number of aromatic nitrogens is 3. The van der Waals surface area contributed by atoms with Gasteiger partial charge in [-0.25, -0.2) is 14.4 Å². The highest BCUT2D eigenvalue weighted by molar-refractivity contribution is 5.73. The van der Waals surface area contributed by atoms with Crippen LogP contribution in [0, 0.1) is 5.82 Å². The Kier molecular flexibility index (Phi) is 3.05. The van der Waals surface area contributed by atoms with E-state index in [4.69, 9.17) is 5.73 Å². The standard InChI is InChI=1S/C18H13FN4/c19-14-6-3-12(4-7-14)13-5-8-17-22-16(11-23(17)10-13)15-2-1-9-21-18(15)20/h1-11H,(H2,20,21). The Morgan fingerprint density at radius 1 is 0.913 bits per heavy atom. The van der Waals surface area contributed by atoms with Crippen LogP contribution >= 0.6 is 0 Å². The summed E-state index contributed by atoms with van der Waals surface area (Å²) in [5.74, 6) is 0.210. The van der Waals surface area contributed by atoms with E-state index in [2.05, 4.69) is 9.97 Å². The lowest BCUT2D eigenvalue weighted by Gasteiger charge is -2.02. The first kappa shape index (κ1) is 13.5. The van der Waals surface area contributed by atoms with E-state index in [1.54, 1.807) is 18.3 Å². The predicted molar refractivity (Wildman–Crippen MR) is 88.2 cm³/mol. The number of fused-ring (bicyclic) bond motifs is 1. The minimum Gasteiger partial charge on any atom is -0.383 e. The number of rotatable bonds is 2. The maximum Gasteiger partial charge on any atom is 0.137 e. The van der Waals surface area contributed by atoms with Crippen LogP contribution in [0.4, 0.5) is 10.2 Å². The monoisotopic (exact) mass is 304 g/mol. The number of anilines is 1. The number of halogens is 1. The normalized spacial score (nSPS) is 11.0. The molecule has 0 bridgehead atoms. The fraction of sp³-hybridized carbons (Fsp3) is 0. The van der Waals surface area contributed by atoms with Crippen molar-refractivity contribution in [2.75, 3.05) is 5.73 Å². The predicted octanol–water partition coefficient (Wildman–Crippen LogP) is 3.78. The van der Waals surface area contributed by atoms with E-state index >= 15 is 0 Å². The first-order chi connectivity index (χ1) is 11.2. The molecule has 0 saturated heterocycles. The van der Waals surface area contributed by atoms with Crippen molar-refractivity contribution < 1.29 is 4.39 Å². The van der Waals surface area contributed by atoms with E-state index in [0.29, 0.717) is 5.82 Å². The van der Waals surface area contributed by atoms with Crippen LogP contribution in [-0.2, 0) is 0 Å². The second-order valence-electron chi connectivity index (χ2n) is 5.25. The van der Waals surface area contributed by atoms with E-state index in [-0.39, 0.29) is 5.82 Å². The van der Waals surface area contributed by atoms with Crippen molar-refractivity contribution in [2.24, 2.45) is 0 Å². The van der Waals surface area contributed by atoms with Crippen LogP contribution in [0.3, 0.4) is 0 Å². The van der Waals surface area contributed by atoms with E-state index < -0.39 is 0 Å². The Labute approximate surface area is 132 Å². The SMILES string of the molecule is Nc1ncccc1-c1cn2cc(-c3ccc(F)cc3)ccc2n1. The first-order valence-electron chi connectivity index (χ1n) is 7.16. The molecule has 0 aliphatic heterocycles. The summed E-state index contributed by atoms with van der Waals surface area (Å²) >= 11 is 0. The van der Waals surface area contributed by atoms with Crippen molar-refractivity contribution in [3.63, 3.8) is 0 Å². The number of pyridine rings is 2. The van der Waals surface area contributed by atoms with Gasteiger partial charge in [0.15, 0.2) is 0 Å². The summed E-state index contributed by atoms with van der Waals surface area (Å²) in [6, 6.07) is 14.0. The largest absolute Gasteiger partial charge is 0.383 e. The summed E-state index contributed by atoms with van der Waals surface area (Å²) in [6.07, 6.45) is 5.53. The van der Waals surface area contributed by atoms with Crippen molar-refractivity contribution >= 4 is 11.5 Å². The molecule has 0 amide bonds. The highest BCUT2D eigenvalue weighted by Crippen LogP contribution is 2.25. The van der Waals surface area contributed by atoms with Crippen LogP contribution in [0.2, 0.25) is 0 Å². The molecule has 0 aliphatic rings. The summed E-state index contributed by atoms with van der Waals surface area (Å²) < 4.78 is 15.0. The lowest BCUT2D eigenvalue weighted by molar-refractivity contribution is 0.628. The third-order valence-corrected chi connectivity index (χ3v) is 3.74. The van der Waals surface area contributed by atoms with Gasteiger partial charge in [-0.1, -0.05) is 12.1 Å². The summed E-state index contributed by atoms with van der Waals surface area (Å²) in [4.78, 5) is 8.67. The van der Waals surface area contributed by atoms with E-state index in [1.165, 1.54) is 12.1 Å². The number of nitrogens with zero attached hydrogens (tertiary/aromatic N) is 3. The highest BCUT2D eigenvalue weighted by atomic mass is 19.1. The molecule has 0 aliphatic carbocycles. The molecule has 4 rings (SSSR count). The van der Waals surface area contributed by atoms with Crippen molar-refractivity contribution in [1.29, 1.82) is 0 Å². The molecule has 3 aromatic heterocycles. The van der Waals surface area contributed by atoms with Gasteiger partial charge >= 0.3 is 0 Å². The smallest absolute Gasteiger partial charge is 0.137 e. The molecule has 0 unspecified atom stereocenters. The van der Waals surface area contributed by atoms with Gasteiger partial charge in [-0.3, -0.25) is 0 Å². The maximum atomic E-state index is 13.1. The molecule has 4 aromatic rings. The Bertz CT molecular complexity index is 990.